The van der Waals surface area contributed by atoms with Gasteiger partial charge in [0.1, 0.15) is 5.92 Å². The third kappa shape index (κ3) is 4.59. The van der Waals surface area contributed by atoms with E-state index in [2.05, 4.69) is 13.8 Å². The van der Waals surface area contributed by atoms with Gasteiger partial charge in [-0.05, 0) is 18.8 Å². The molecular formula is C11H17NO3. The number of carbonyl (C=O) groups excluding carboxylic acids is 1. The Hall–Kier alpha value is -1.37. The number of nitrogens with zero attached hydrogens (tertiary/aromatic N) is 1. The quantitative estimate of drug-likeness (QED) is 0.653. The zero-order valence-electron chi connectivity index (χ0n) is 9.19. The molecule has 0 fully saturated rings. The molecule has 0 saturated carbocycles. The lowest BCUT2D eigenvalue weighted by Gasteiger charge is -2.12. The fourth-order valence-corrected chi connectivity index (χ4v) is 1.50. The molecule has 4 nitrogen and oxygen atoms in total. The van der Waals surface area contributed by atoms with Gasteiger partial charge in [0.25, 0.3) is 5.78 Å². The third-order valence-electron chi connectivity index (χ3n) is 2.70. The molecule has 1 atom stereocenters. The second-order valence-corrected chi connectivity index (χ2v) is 3.61. The maximum absolute atomic E-state index is 11.0. The molecule has 0 aliphatic carbocycles. The largest absolute Gasteiger partial charge is 0.475 e. The maximum atomic E-state index is 11.0. The van der Waals surface area contributed by atoms with Crippen LogP contribution < -0.4 is 0 Å². The first-order valence-corrected chi connectivity index (χ1v) is 5.23. The van der Waals surface area contributed by atoms with Gasteiger partial charge in [0.15, 0.2) is 0 Å². The molecule has 0 aromatic carbocycles. The molecule has 0 aliphatic rings. The second-order valence-electron chi connectivity index (χ2n) is 3.61. The highest BCUT2D eigenvalue weighted by molar-refractivity contribution is 6.34. The number of carbonyl (C=O) groups is 2. The molecule has 0 saturated heterocycles. The Labute approximate surface area is 89.9 Å². The van der Waals surface area contributed by atoms with Crippen molar-refractivity contribution in [1.82, 2.24) is 0 Å². The Morgan fingerprint density at radius 1 is 1.27 bits per heavy atom. The van der Waals surface area contributed by atoms with Gasteiger partial charge < -0.3 is 5.11 Å². The predicted octanol–water partition coefficient (Wildman–Crippen LogP) is 2.00. The van der Waals surface area contributed by atoms with Gasteiger partial charge in [0.2, 0.25) is 0 Å². The maximum Gasteiger partial charge on any atom is 0.373 e. The number of carboxylic acids is 1. The Balaban J connectivity index is 4.18. The van der Waals surface area contributed by atoms with Crippen LogP contribution in [0.3, 0.4) is 0 Å². The van der Waals surface area contributed by atoms with Gasteiger partial charge >= 0.3 is 5.97 Å². The van der Waals surface area contributed by atoms with Crippen LogP contribution in [0.15, 0.2) is 0 Å². The SMILES string of the molecule is CCC(CC)CCC(C#N)C(=O)C(=O)O. The average Bonchev–Trinajstić information content (AvgIpc) is 2.24. The first-order valence-electron chi connectivity index (χ1n) is 5.23. The molecule has 0 radical (unpaired) electrons. The van der Waals surface area contributed by atoms with Crippen LogP contribution in [-0.2, 0) is 9.59 Å². The Morgan fingerprint density at radius 2 is 1.80 bits per heavy atom. The molecule has 0 aliphatic heterocycles. The minimum Gasteiger partial charge on any atom is -0.475 e. The van der Waals surface area contributed by atoms with Crippen molar-refractivity contribution < 1.29 is 14.7 Å². The zero-order chi connectivity index (χ0) is 11.8. The van der Waals surface area contributed by atoms with Crippen molar-refractivity contribution in [3.8, 4) is 6.07 Å². The summed E-state index contributed by atoms with van der Waals surface area (Å²) in [5.41, 5.74) is 0. The van der Waals surface area contributed by atoms with E-state index >= 15 is 0 Å². The normalized spacial score (nSPS) is 12.1. The molecule has 84 valence electrons. The van der Waals surface area contributed by atoms with Gasteiger partial charge in [-0.25, -0.2) is 4.79 Å². The van der Waals surface area contributed by atoms with E-state index < -0.39 is 17.7 Å². The molecular weight excluding hydrogens is 194 g/mol. The predicted molar refractivity (Wildman–Crippen MR) is 55.1 cm³/mol. The van der Waals surface area contributed by atoms with E-state index in [4.69, 9.17) is 10.4 Å². The van der Waals surface area contributed by atoms with Crippen LogP contribution in [0.1, 0.15) is 39.5 Å². The summed E-state index contributed by atoms with van der Waals surface area (Å²) in [7, 11) is 0. The Morgan fingerprint density at radius 3 is 2.13 bits per heavy atom. The third-order valence-corrected chi connectivity index (χ3v) is 2.70. The number of Topliss-reactive ketones (excluding diaryl/α,β-unsaturated/α-hetero) is 1. The van der Waals surface area contributed by atoms with Gasteiger partial charge in [-0.15, -0.1) is 0 Å². The molecule has 0 amide bonds. The van der Waals surface area contributed by atoms with Crippen LogP contribution in [0.25, 0.3) is 0 Å². The van der Waals surface area contributed by atoms with E-state index in [0.29, 0.717) is 12.3 Å². The van der Waals surface area contributed by atoms with Gasteiger partial charge in [0.05, 0.1) is 6.07 Å². The molecule has 15 heavy (non-hydrogen) atoms. The average molecular weight is 211 g/mol. The topological polar surface area (TPSA) is 78.2 Å². The zero-order valence-corrected chi connectivity index (χ0v) is 9.19. The molecule has 0 aromatic heterocycles. The monoisotopic (exact) mass is 211 g/mol. The smallest absolute Gasteiger partial charge is 0.373 e. The minimum absolute atomic E-state index is 0.355. The van der Waals surface area contributed by atoms with Crippen LogP contribution >= 0.6 is 0 Å². The van der Waals surface area contributed by atoms with E-state index in [-0.39, 0.29) is 0 Å². The van der Waals surface area contributed by atoms with E-state index in [1.54, 1.807) is 6.07 Å². The molecule has 1 unspecified atom stereocenters. The highest BCUT2D eigenvalue weighted by Crippen LogP contribution is 2.18. The molecule has 0 spiro atoms. The van der Waals surface area contributed by atoms with Gasteiger partial charge in [0, 0.05) is 0 Å². The lowest BCUT2D eigenvalue weighted by Crippen LogP contribution is -2.22. The fourth-order valence-electron chi connectivity index (χ4n) is 1.50. The minimum atomic E-state index is -1.51. The lowest BCUT2D eigenvalue weighted by molar-refractivity contribution is -0.150. The number of rotatable bonds is 7. The van der Waals surface area contributed by atoms with Crippen LogP contribution in [0.5, 0.6) is 0 Å². The fraction of sp³-hybridized carbons (Fsp3) is 0.727. The van der Waals surface area contributed by atoms with Crippen LogP contribution in [0.4, 0.5) is 0 Å². The van der Waals surface area contributed by atoms with Crippen molar-refractivity contribution >= 4 is 11.8 Å². The molecule has 0 bridgehead atoms. The number of aliphatic carboxylic acids is 1. The number of hydrogen-bond acceptors (Lipinski definition) is 3. The summed E-state index contributed by atoms with van der Waals surface area (Å²) in [6.45, 7) is 4.10. The van der Waals surface area contributed by atoms with Gasteiger partial charge in [-0.3, -0.25) is 4.79 Å². The summed E-state index contributed by atoms with van der Waals surface area (Å²) >= 11 is 0. The summed E-state index contributed by atoms with van der Waals surface area (Å²) in [4.78, 5) is 21.4. The molecule has 1 N–H and O–H groups in total. The summed E-state index contributed by atoms with van der Waals surface area (Å²) in [6, 6.07) is 1.76. The van der Waals surface area contributed by atoms with Crippen molar-refractivity contribution in [3.05, 3.63) is 0 Å². The lowest BCUT2D eigenvalue weighted by atomic mass is 9.91. The number of nitriles is 1. The van der Waals surface area contributed by atoms with Crippen molar-refractivity contribution in [3.63, 3.8) is 0 Å². The summed E-state index contributed by atoms with van der Waals surface area (Å²) < 4.78 is 0. The van der Waals surface area contributed by atoms with Crippen LogP contribution in [0, 0.1) is 23.2 Å². The van der Waals surface area contributed by atoms with E-state index in [1.165, 1.54) is 0 Å². The van der Waals surface area contributed by atoms with Crippen molar-refractivity contribution in [1.29, 1.82) is 5.26 Å². The van der Waals surface area contributed by atoms with E-state index in [1.807, 2.05) is 0 Å². The van der Waals surface area contributed by atoms with E-state index in [9.17, 15) is 9.59 Å². The van der Waals surface area contributed by atoms with E-state index in [0.717, 1.165) is 19.3 Å². The first kappa shape index (κ1) is 13.6. The summed E-state index contributed by atoms with van der Waals surface area (Å²) in [6.07, 6.45) is 3.09. The molecule has 0 heterocycles. The van der Waals surface area contributed by atoms with Crippen molar-refractivity contribution in [2.75, 3.05) is 0 Å². The summed E-state index contributed by atoms with van der Waals surface area (Å²) in [5, 5.41) is 17.1. The highest BCUT2D eigenvalue weighted by atomic mass is 16.4. The Kier molecular flexibility index (Phi) is 6.35. The van der Waals surface area contributed by atoms with Gasteiger partial charge in [-0.2, -0.15) is 5.26 Å². The second kappa shape index (κ2) is 6.99. The van der Waals surface area contributed by atoms with Crippen molar-refractivity contribution in [2.24, 2.45) is 11.8 Å². The molecule has 4 heteroatoms. The summed E-state index contributed by atoms with van der Waals surface area (Å²) in [5.74, 6) is -3.00. The van der Waals surface area contributed by atoms with Gasteiger partial charge in [-0.1, -0.05) is 26.7 Å². The molecule has 0 rings (SSSR count). The van der Waals surface area contributed by atoms with Crippen LogP contribution in [-0.4, -0.2) is 16.9 Å². The Bertz CT molecular complexity index is 263. The molecule has 0 aromatic rings. The van der Waals surface area contributed by atoms with Crippen LogP contribution in [0.2, 0.25) is 0 Å². The number of ketones is 1. The number of carboxylic acid groups (broad SMARTS) is 1. The first-order chi connectivity index (χ1) is 7.06. The standard InChI is InChI=1S/C11H17NO3/c1-3-8(4-2)5-6-9(7-12)10(13)11(14)15/h8-9H,3-6H2,1-2H3,(H,14,15). The number of hydrogen-bond donors (Lipinski definition) is 1. The highest BCUT2D eigenvalue weighted by Gasteiger charge is 2.24. The van der Waals surface area contributed by atoms with Crippen molar-refractivity contribution in [2.45, 2.75) is 39.5 Å².